The summed E-state index contributed by atoms with van der Waals surface area (Å²) in [5, 5.41) is 13.7. The average Bonchev–Trinajstić information content (AvgIpc) is 3.04. The maximum atomic E-state index is 12.8. The zero-order valence-electron chi connectivity index (χ0n) is 32.4. The third kappa shape index (κ3) is 34.9. The molecule has 0 fully saturated rings. The Balaban J connectivity index is 4.57. The molecule has 0 aromatic carbocycles. The predicted molar refractivity (Wildman–Crippen MR) is 208 cm³/mol. The maximum absolute atomic E-state index is 12.8. The second-order valence-corrected chi connectivity index (χ2v) is 16.1. The number of nitrogens with zero attached hydrogens (tertiary/aromatic N) is 1. The first-order chi connectivity index (χ1) is 23.5. The standard InChI is InChI=1S/C40H77N2O6P/c1-6-8-10-12-14-16-18-20-22-24-26-28-30-32-34-40(44)41-38(37-48-49(45,46)47-36-35-42(3,4)5)39(43)33-31-29-27-25-23-21-19-17-15-13-11-9-7-2/h15,17,23,25,31,33,38-39,43H,6-14,16,18-22,24,26-30,32,34-37H2,1-5H3,(H-,41,44,45,46)/p+1/b17-15+,25-23+,33-31+. The number of phosphoric ester groups is 1. The molecule has 288 valence electrons. The second kappa shape index (κ2) is 32.6. The van der Waals surface area contributed by atoms with Gasteiger partial charge in [-0.3, -0.25) is 13.8 Å². The third-order valence-corrected chi connectivity index (χ3v) is 9.57. The summed E-state index contributed by atoms with van der Waals surface area (Å²) in [4.78, 5) is 23.0. The minimum Gasteiger partial charge on any atom is -0.387 e. The number of nitrogens with one attached hydrogen (secondary N) is 1. The molecule has 0 saturated heterocycles. The fourth-order valence-electron chi connectivity index (χ4n) is 5.36. The van der Waals surface area contributed by atoms with Gasteiger partial charge >= 0.3 is 7.82 Å². The van der Waals surface area contributed by atoms with E-state index in [0.717, 1.165) is 51.4 Å². The van der Waals surface area contributed by atoms with E-state index in [-0.39, 0.29) is 19.1 Å². The number of carbonyl (C=O) groups excluding carboxylic acids is 1. The van der Waals surface area contributed by atoms with E-state index < -0.39 is 20.0 Å². The van der Waals surface area contributed by atoms with Crippen LogP contribution in [-0.4, -0.2) is 73.4 Å². The highest BCUT2D eigenvalue weighted by molar-refractivity contribution is 7.47. The van der Waals surface area contributed by atoms with Gasteiger partial charge in [0.1, 0.15) is 13.2 Å². The Hall–Kier alpha value is -1.28. The minimum absolute atomic E-state index is 0.0542. The maximum Gasteiger partial charge on any atom is 0.472 e. The van der Waals surface area contributed by atoms with Gasteiger partial charge < -0.3 is 19.8 Å². The van der Waals surface area contributed by atoms with Gasteiger partial charge in [0.15, 0.2) is 0 Å². The van der Waals surface area contributed by atoms with Gasteiger partial charge in [-0.1, -0.05) is 147 Å². The van der Waals surface area contributed by atoms with Crippen molar-refractivity contribution in [1.82, 2.24) is 5.32 Å². The number of unbranched alkanes of at least 4 members (excludes halogenated alkanes) is 18. The minimum atomic E-state index is -4.34. The van der Waals surface area contributed by atoms with Crippen LogP contribution in [0.4, 0.5) is 0 Å². The number of amides is 1. The summed E-state index contributed by atoms with van der Waals surface area (Å²) in [6, 6.07) is -0.863. The molecule has 1 amide bonds. The number of likely N-dealkylation sites (N-methyl/N-ethyl adjacent to an activating group) is 1. The highest BCUT2D eigenvalue weighted by Crippen LogP contribution is 2.43. The highest BCUT2D eigenvalue weighted by atomic mass is 31.2. The van der Waals surface area contributed by atoms with Gasteiger partial charge in [-0.2, -0.15) is 0 Å². The Morgan fingerprint density at radius 1 is 0.673 bits per heavy atom. The van der Waals surface area contributed by atoms with E-state index in [2.05, 4.69) is 43.5 Å². The van der Waals surface area contributed by atoms with Crippen LogP contribution in [0.3, 0.4) is 0 Å². The number of hydrogen-bond acceptors (Lipinski definition) is 5. The second-order valence-electron chi connectivity index (χ2n) is 14.6. The number of aliphatic hydroxyl groups excluding tert-OH is 1. The molecule has 3 N–H and O–H groups in total. The number of rotatable bonds is 35. The molecule has 3 unspecified atom stereocenters. The van der Waals surface area contributed by atoms with Crippen molar-refractivity contribution in [2.75, 3.05) is 40.9 Å². The SMILES string of the molecule is CCCCC/C=C/CC/C=C/CC/C=C/C(O)C(COP(=O)(O)OCC[N+](C)(C)C)NC(=O)CCCCCCCCCCCCCCCC. The lowest BCUT2D eigenvalue weighted by Gasteiger charge is -2.25. The van der Waals surface area contributed by atoms with Gasteiger partial charge in [-0.15, -0.1) is 0 Å². The fourth-order valence-corrected chi connectivity index (χ4v) is 6.10. The first-order valence-electron chi connectivity index (χ1n) is 19.9. The Morgan fingerprint density at radius 3 is 1.63 bits per heavy atom. The first kappa shape index (κ1) is 47.7. The monoisotopic (exact) mass is 714 g/mol. The van der Waals surface area contributed by atoms with Gasteiger partial charge in [-0.25, -0.2) is 4.57 Å². The Bertz CT molecular complexity index is 902. The lowest BCUT2D eigenvalue weighted by Crippen LogP contribution is -2.45. The summed E-state index contributed by atoms with van der Waals surface area (Å²) in [5.41, 5.74) is 0. The van der Waals surface area contributed by atoms with Crippen molar-refractivity contribution >= 4 is 13.7 Å². The summed E-state index contributed by atoms with van der Waals surface area (Å²) in [7, 11) is 1.54. The van der Waals surface area contributed by atoms with Crippen molar-refractivity contribution < 1.29 is 32.9 Å². The van der Waals surface area contributed by atoms with Gasteiger partial charge in [0, 0.05) is 6.42 Å². The van der Waals surface area contributed by atoms with Crippen LogP contribution in [0.25, 0.3) is 0 Å². The molecule has 8 nitrogen and oxygen atoms in total. The zero-order valence-corrected chi connectivity index (χ0v) is 33.3. The zero-order chi connectivity index (χ0) is 36.5. The molecule has 0 rings (SSSR count). The molecule has 0 aromatic rings. The van der Waals surface area contributed by atoms with E-state index in [0.29, 0.717) is 17.4 Å². The number of phosphoric acid groups is 1. The number of allylic oxidation sites excluding steroid dienone is 5. The van der Waals surface area contributed by atoms with Crippen LogP contribution in [0.2, 0.25) is 0 Å². The summed E-state index contributed by atoms with van der Waals surface area (Å²) in [6.45, 7) is 4.73. The van der Waals surface area contributed by atoms with E-state index in [4.69, 9.17) is 9.05 Å². The Labute approximate surface area is 302 Å². The normalized spacial score (nSPS) is 15.0. The van der Waals surface area contributed by atoms with Crippen LogP contribution in [0.1, 0.15) is 162 Å². The molecule has 9 heteroatoms. The van der Waals surface area contributed by atoms with Crippen molar-refractivity contribution in [3.63, 3.8) is 0 Å². The van der Waals surface area contributed by atoms with Crippen molar-refractivity contribution in [2.24, 2.45) is 0 Å². The molecular weight excluding hydrogens is 635 g/mol. The lowest BCUT2D eigenvalue weighted by atomic mass is 10.0. The quantitative estimate of drug-likeness (QED) is 0.0261. The molecule has 3 atom stereocenters. The molecule has 0 aliphatic carbocycles. The van der Waals surface area contributed by atoms with Gasteiger partial charge in [0.2, 0.25) is 5.91 Å². The molecule has 0 heterocycles. The van der Waals surface area contributed by atoms with Crippen molar-refractivity contribution in [3.05, 3.63) is 36.5 Å². The number of aliphatic hydroxyl groups is 1. The van der Waals surface area contributed by atoms with Crippen LogP contribution < -0.4 is 5.32 Å². The predicted octanol–water partition coefficient (Wildman–Crippen LogP) is 10.4. The van der Waals surface area contributed by atoms with Gasteiger partial charge in [0.25, 0.3) is 0 Å². The summed E-state index contributed by atoms with van der Waals surface area (Å²) in [6.07, 6.45) is 37.8. The van der Waals surface area contributed by atoms with Crippen molar-refractivity contribution in [3.8, 4) is 0 Å². The van der Waals surface area contributed by atoms with E-state index in [9.17, 15) is 19.4 Å². The van der Waals surface area contributed by atoms with Gasteiger partial charge in [0.05, 0.1) is 39.9 Å². The van der Waals surface area contributed by atoms with Crippen LogP contribution in [0.15, 0.2) is 36.5 Å². The molecule has 0 aliphatic heterocycles. The smallest absolute Gasteiger partial charge is 0.387 e. The molecule has 0 aromatic heterocycles. The molecule has 0 spiro atoms. The first-order valence-corrected chi connectivity index (χ1v) is 21.4. The van der Waals surface area contributed by atoms with Crippen LogP contribution in [-0.2, 0) is 18.4 Å². The van der Waals surface area contributed by atoms with Crippen LogP contribution in [0, 0.1) is 0 Å². The molecule has 0 bridgehead atoms. The molecular formula is C40H78N2O6P+. The Kier molecular flexibility index (Phi) is 31.8. The largest absolute Gasteiger partial charge is 0.472 e. The summed E-state index contributed by atoms with van der Waals surface area (Å²) >= 11 is 0. The number of hydrogen-bond donors (Lipinski definition) is 3. The molecule has 0 radical (unpaired) electrons. The van der Waals surface area contributed by atoms with Crippen molar-refractivity contribution in [2.45, 2.75) is 174 Å². The van der Waals surface area contributed by atoms with E-state index >= 15 is 0 Å². The summed E-state index contributed by atoms with van der Waals surface area (Å²) < 4.78 is 23.4. The fraction of sp³-hybridized carbons (Fsp3) is 0.825. The summed E-state index contributed by atoms with van der Waals surface area (Å²) in [5.74, 6) is -0.193. The lowest BCUT2D eigenvalue weighted by molar-refractivity contribution is -0.870. The van der Waals surface area contributed by atoms with E-state index in [1.54, 1.807) is 6.08 Å². The third-order valence-electron chi connectivity index (χ3n) is 8.59. The van der Waals surface area contributed by atoms with Crippen LogP contribution >= 0.6 is 7.82 Å². The van der Waals surface area contributed by atoms with Crippen LogP contribution in [0.5, 0.6) is 0 Å². The topological polar surface area (TPSA) is 105 Å². The van der Waals surface area contributed by atoms with Gasteiger partial charge in [-0.05, 0) is 44.9 Å². The average molecular weight is 714 g/mol. The van der Waals surface area contributed by atoms with E-state index in [1.807, 2.05) is 27.2 Å². The highest BCUT2D eigenvalue weighted by Gasteiger charge is 2.27. The molecule has 0 saturated carbocycles. The molecule has 0 aliphatic rings. The number of quaternary nitrogens is 1. The van der Waals surface area contributed by atoms with E-state index in [1.165, 1.54) is 89.9 Å². The number of carbonyl (C=O) groups is 1. The van der Waals surface area contributed by atoms with Crippen molar-refractivity contribution in [1.29, 1.82) is 0 Å². The molecule has 49 heavy (non-hydrogen) atoms. The Morgan fingerprint density at radius 2 is 1.12 bits per heavy atom.